The van der Waals surface area contributed by atoms with Gasteiger partial charge in [0.2, 0.25) is 0 Å². The normalized spacial score (nSPS) is 12.2. The maximum Gasteiger partial charge on any atom is 0.0847 e. The second kappa shape index (κ2) is 7.19. The highest BCUT2D eigenvalue weighted by molar-refractivity contribution is 6.35. The van der Waals surface area contributed by atoms with Crippen LogP contribution in [0.5, 0.6) is 0 Å². The van der Waals surface area contributed by atoms with E-state index in [4.69, 9.17) is 34.8 Å². The molecule has 106 valence electrons. The first-order valence-electron chi connectivity index (χ1n) is 6.13. The molecule has 0 radical (unpaired) electrons. The quantitative estimate of drug-likeness (QED) is 0.781. The summed E-state index contributed by atoms with van der Waals surface area (Å²) in [5, 5.41) is 13.7. The Balaban J connectivity index is 2.11. The van der Waals surface area contributed by atoms with Crippen LogP contribution in [0.25, 0.3) is 11.1 Å². The summed E-state index contributed by atoms with van der Waals surface area (Å²) in [6.07, 6.45) is -0.553. The molecule has 0 bridgehead atoms. The van der Waals surface area contributed by atoms with Crippen molar-refractivity contribution in [2.45, 2.75) is 6.10 Å². The van der Waals surface area contributed by atoms with Gasteiger partial charge in [-0.15, -0.1) is 11.6 Å². The largest absolute Gasteiger partial charge is 0.390 e. The highest BCUT2D eigenvalue weighted by atomic mass is 35.5. The lowest BCUT2D eigenvalue weighted by atomic mass is 10.1. The molecule has 2 N–H and O–H groups in total. The van der Waals surface area contributed by atoms with Gasteiger partial charge in [0.05, 0.1) is 12.0 Å². The van der Waals surface area contributed by atoms with Crippen molar-refractivity contribution >= 4 is 40.5 Å². The van der Waals surface area contributed by atoms with Gasteiger partial charge < -0.3 is 10.4 Å². The van der Waals surface area contributed by atoms with E-state index in [1.807, 2.05) is 36.4 Å². The highest BCUT2D eigenvalue weighted by Gasteiger charge is 2.03. The molecule has 2 rings (SSSR count). The van der Waals surface area contributed by atoms with Gasteiger partial charge in [0.15, 0.2) is 0 Å². The molecule has 0 fully saturated rings. The first kappa shape index (κ1) is 15.5. The summed E-state index contributed by atoms with van der Waals surface area (Å²) in [5.74, 6) is 0.214. The monoisotopic (exact) mass is 329 g/mol. The summed E-state index contributed by atoms with van der Waals surface area (Å²) in [7, 11) is 0. The van der Waals surface area contributed by atoms with Crippen molar-refractivity contribution in [3.63, 3.8) is 0 Å². The second-order valence-electron chi connectivity index (χ2n) is 4.42. The van der Waals surface area contributed by atoms with Crippen LogP contribution in [-0.2, 0) is 0 Å². The van der Waals surface area contributed by atoms with E-state index in [1.165, 1.54) is 0 Å². The topological polar surface area (TPSA) is 32.3 Å². The number of nitrogens with one attached hydrogen (secondary N) is 1. The smallest absolute Gasteiger partial charge is 0.0847 e. The lowest BCUT2D eigenvalue weighted by Gasteiger charge is -2.11. The number of halogens is 3. The lowest BCUT2D eigenvalue weighted by molar-refractivity contribution is 0.211. The molecule has 0 saturated heterocycles. The van der Waals surface area contributed by atoms with Gasteiger partial charge in [-0.2, -0.15) is 0 Å². The van der Waals surface area contributed by atoms with Crippen LogP contribution in [0.1, 0.15) is 0 Å². The molecule has 0 saturated carbocycles. The van der Waals surface area contributed by atoms with Crippen molar-refractivity contribution in [3.8, 4) is 11.1 Å². The average Bonchev–Trinajstić information content (AvgIpc) is 2.44. The molecule has 0 heterocycles. The zero-order valence-electron chi connectivity index (χ0n) is 10.6. The van der Waals surface area contributed by atoms with Crippen LogP contribution in [0.3, 0.4) is 0 Å². The van der Waals surface area contributed by atoms with Crippen molar-refractivity contribution < 1.29 is 5.11 Å². The number of alkyl halides is 1. The molecular formula is C15H14Cl3NO. The van der Waals surface area contributed by atoms with Crippen LogP contribution in [0.2, 0.25) is 10.0 Å². The van der Waals surface area contributed by atoms with Crippen molar-refractivity contribution in [2.24, 2.45) is 0 Å². The molecule has 0 aliphatic rings. The molecule has 2 aromatic carbocycles. The molecule has 1 unspecified atom stereocenters. The average molecular weight is 331 g/mol. The summed E-state index contributed by atoms with van der Waals surface area (Å²) in [6.45, 7) is 0.422. The Labute approximate surface area is 133 Å². The number of aliphatic hydroxyl groups excluding tert-OH is 1. The Bertz CT molecular complexity index is 552. The highest BCUT2D eigenvalue weighted by Crippen LogP contribution is 2.28. The fraction of sp³-hybridized carbons (Fsp3) is 0.200. The van der Waals surface area contributed by atoms with E-state index in [9.17, 15) is 5.11 Å². The van der Waals surface area contributed by atoms with E-state index in [0.717, 1.165) is 16.8 Å². The molecule has 0 aliphatic heterocycles. The molecule has 0 amide bonds. The van der Waals surface area contributed by atoms with E-state index in [1.54, 1.807) is 6.07 Å². The fourth-order valence-electron chi connectivity index (χ4n) is 1.79. The third-order valence-corrected chi connectivity index (χ3v) is 3.59. The van der Waals surface area contributed by atoms with Crippen LogP contribution in [0.4, 0.5) is 5.69 Å². The van der Waals surface area contributed by atoms with E-state index in [-0.39, 0.29) is 5.88 Å². The maximum absolute atomic E-state index is 9.39. The van der Waals surface area contributed by atoms with Crippen LogP contribution in [0, 0.1) is 0 Å². The van der Waals surface area contributed by atoms with Gasteiger partial charge in [-0.1, -0.05) is 35.3 Å². The number of benzene rings is 2. The first-order chi connectivity index (χ1) is 9.58. The minimum atomic E-state index is -0.553. The lowest BCUT2D eigenvalue weighted by Crippen LogP contribution is -2.20. The molecule has 2 nitrogen and oxygen atoms in total. The minimum Gasteiger partial charge on any atom is -0.390 e. The third-order valence-electron chi connectivity index (χ3n) is 2.80. The maximum atomic E-state index is 9.39. The van der Waals surface area contributed by atoms with Crippen LogP contribution < -0.4 is 5.32 Å². The summed E-state index contributed by atoms with van der Waals surface area (Å²) in [4.78, 5) is 0. The number of hydrogen-bond donors (Lipinski definition) is 2. The summed E-state index contributed by atoms with van der Waals surface area (Å²) in [6, 6.07) is 13.3. The van der Waals surface area contributed by atoms with Gasteiger partial charge in [0.1, 0.15) is 0 Å². The predicted molar refractivity (Wildman–Crippen MR) is 87.1 cm³/mol. The zero-order chi connectivity index (χ0) is 14.5. The molecule has 0 spiro atoms. The van der Waals surface area contributed by atoms with E-state index in [0.29, 0.717) is 16.6 Å². The molecule has 1 atom stereocenters. The Morgan fingerprint density at radius 2 is 1.55 bits per heavy atom. The van der Waals surface area contributed by atoms with Gasteiger partial charge in [-0.3, -0.25) is 0 Å². The molecule has 5 heteroatoms. The standard InChI is InChI=1S/C15H14Cl3NO/c16-8-15(20)9-19-14-3-1-10(2-4-14)11-5-12(17)7-13(18)6-11/h1-7,15,19-20H,8-9H2. The summed E-state index contributed by atoms with van der Waals surface area (Å²) >= 11 is 17.5. The van der Waals surface area contributed by atoms with Crippen LogP contribution >= 0.6 is 34.8 Å². The SMILES string of the molecule is OC(CCl)CNc1ccc(-c2cc(Cl)cc(Cl)c2)cc1. The van der Waals surface area contributed by atoms with Gasteiger partial charge in [-0.25, -0.2) is 0 Å². The summed E-state index contributed by atoms with van der Waals surface area (Å²) in [5.41, 5.74) is 2.92. The molecule has 0 aliphatic carbocycles. The Hall–Kier alpha value is -0.930. The molecule has 2 aromatic rings. The Morgan fingerprint density at radius 1 is 0.950 bits per heavy atom. The number of aliphatic hydroxyl groups is 1. The van der Waals surface area contributed by atoms with Crippen molar-refractivity contribution in [1.29, 1.82) is 0 Å². The van der Waals surface area contributed by atoms with Gasteiger partial charge >= 0.3 is 0 Å². The molecule has 0 aromatic heterocycles. The van der Waals surface area contributed by atoms with Crippen molar-refractivity contribution in [2.75, 3.05) is 17.7 Å². The van der Waals surface area contributed by atoms with E-state index in [2.05, 4.69) is 5.32 Å². The first-order valence-corrected chi connectivity index (χ1v) is 7.42. The Kier molecular flexibility index (Phi) is 5.55. The zero-order valence-corrected chi connectivity index (χ0v) is 12.9. The molecular weight excluding hydrogens is 317 g/mol. The van der Waals surface area contributed by atoms with E-state index >= 15 is 0 Å². The second-order valence-corrected chi connectivity index (χ2v) is 5.61. The van der Waals surface area contributed by atoms with E-state index < -0.39 is 6.10 Å². The predicted octanol–water partition coefficient (Wildman–Crippen LogP) is 4.67. The summed E-state index contributed by atoms with van der Waals surface area (Å²) < 4.78 is 0. The number of rotatable bonds is 5. The van der Waals surface area contributed by atoms with Gasteiger partial charge in [0, 0.05) is 22.3 Å². The number of hydrogen-bond acceptors (Lipinski definition) is 2. The van der Waals surface area contributed by atoms with Crippen molar-refractivity contribution in [3.05, 3.63) is 52.5 Å². The van der Waals surface area contributed by atoms with Gasteiger partial charge in [0.25, 0.3) is 0 Å². The fourth-order valence-corrected chi connectivity index (χ4v) is 2.43. The van der Waals surface area contributed by atoms with Gasteiger partial charge in [-0.05, 0) is 41.5 Å². The third kappa shape index (κ3) is 4.29. The van der Waals surface area contributed by atoms with Crippen molar-refractivity contribution in [1.82, 2.24) is 0 Å². The minimum absolute atomic E-state index is 0.214. The van der Waals surface area contributed by atoms with Crippen LogP contribution in [-0.4, -0.2) is 23.6 Å². The Morgan fingerprint density at radius 3 is 2.10 bits per heavy atom. The van der Waals surface area contributed by atoms with Crippen LogP contribution in [0.15, 0.2) is 42.5 Å². The number of anilines is 1. The molecule has 20 heavy (non-hydrogen) atoms.